The van der Waals surface area contributed by atoms with Crippen LogP contribution in [0.3, 0.4) is 0 Å². The van der Waals surface area contributed by atoms with Gasteiger partial charge in [0.15, 0.2) is 0 Å². The Morgan fingerprint density at radius 1 is 1.08 bits per heavy atom. The van der Waals surface area contributed by atoms with Gasteiger partial charge in [-0.3, -0.25) is 4.79 Å². The van der Waals surface area contributed by atoms with Gasteiger partial charge in [0, 0.05) is 0 Å². The van der Waals surface area contributed by atoms with Crippen molar-refractivity contribution in [3.63, 3.8) is 0 Å². The van der Waals surface area contributed by atoms with Gasteiger partial charge in [-0.1, -0.05) is 46.0 Å². The SMILES string of the molecule is CCCCCCC(CCC)C(=O)O. The van der Waals surface area contributed by atoms with Crippen LogP contribution < -0.4 is 0 Å². The van der Waals surface area contributed by atoms with E-state index in [0.717, 1.165) is 25.7 Å². The van der Waals surface area contributed by atoms with Gasteiger partial charge in [0.25, 0.3) is 0 Å². The molecule has 78 valence electrons. The molecule has 0 aliphatic heterocycles. The lowest BCUT2D eigenvalue weighted by Crippen LogP contribution is -2.13. The van der Waals surface area contributed by atoms with Crippen molar-refractivity contribution in [2.24, 2.45) is 5.92 Å². The highest BCUT2D eigenvalue weighted by Crippen LogP contribution is 2.16. The van der Waals surface area contributed by atoms with E-state index in [4.69, 9.17) is 5.11 Å². The summed E-state index contributed by atoms with van der Waals surface area (Å²) in [6, 6.07) is 0. The summed E-state index contributed by atoms with van der Waals surface area (Å²) in [5.41, 5.74) is 0. The van der Waals surface area contributed by atoms with Gasteiger partial charge in [0.2, 0.25) is 0 Å². The molecule has 0 bridgehead atoms. The maximum atomic E-state index is 10.8. The van der Waals surface area contributed by atoms with Crippen LogP contribution in [-0.4, -0.2) is 11.1 Å². The van der Waals surface area contributed by atoms with Gasteiger partial charge in [0.05, 0.1) is 5.92 Å². The molecule has 13 heavy (non-hydrogen) atoms. The summed E-state index contributed by atoms with van der Waals surface area (Å²) >= 11 is 0. The first kappa shape index (κ1) is 12.5. The van der Waals surface area contributed by atoms with Crippen LogP contribution in [0.2, 0.25) is 0 Å². The average molecular weight is 186 g/mol. The predicted octanol–water partition coefficient (Wildman–Crippen LogP) is 3.46. The minimum Gasteiger partial charge on any atom is -0.481 e. The Bertz CT molecular complexity index is 132. The molecule has 1 atom stereocenters. The second kappa shape index (κ2) is 8.09. The Morgan fingerprint density at radius 3 is 2.23 bits per heavy atom. The van der Waals surface area contributed by atoms with Crippen molar-refractivity contribution in [3.05, 3.63) is 0 Å². The summed E-state index contributed by atoms with van der Waals surface area (Å²) in [5, 5.41) is 8.86. The number of carboxylic acids is 1. The van der Waals surface area contributed by atoms with E-state index in [1.807, 2.05) is 6.92 Å². The quantitative estimate of drug-likeness (QED) is 0.589. The van der Waals surface area contributed by atoms with E-state index < -0.39 is 5.97 Å². The van der Waals surface area contributed by atoms with Crippen molar-refractivity contribution in [2.75, 3.05) is 0 Å². The molecule has 2 heteroatoms. The Kier molecular flexibility index (Phi) is 7.76. The van der Waals surface area contributed by atoms with Crippen molar-refractivity contribution < 1.29 is 9.90 Å². The van der Waals surface area contributed by atoms with Crippen molar-refractivity contribution in [1.29, 1.82) is 0 Å². The summed E-state index contributed by atoms with van der Waals surface area (Å²) < 4.78 is 0. The maximum absolute atomic E-state index is 10.8. The van der Waals surface area contributed by atoms with Crippen molar-refractivity contribution in [3.8, 4) is 0 Å². The molecule has 0 saturated heterocycles. The zero-order valence-corrected chi connectivity index (χ0v) is 8.88. The topological polar surface area (TPSA) is 37.3 Å². The lowest BCUT2D eigenvalue weighted by atomic mass is 9.96. The maximum Gasteiger partial charge on any atom is 0.306 e. The monoisotopic (exact) mass is 186 g/mol. The second-order valence-corrected chi connectivity index (χ2v) is 3.67. The summed E-state index contributed by atoms with van der Waals surface area (Å²) in [6.45, 7) is 4.21. The van der Waals surface area contributed by atoms with Crippen LogP contribution in [0.25, 0.3) is 0 Å². The molecule has 0 rings (SSSR count). The third kappa shape index (κ3) is 6.62. The van der Waals surface area contributed by atoms with Crippen molar-refractivity contribution in [2.45, 2.75) is 58.8 Å². The number of carboxylic acid groups (broad SMARTS) is 1. The second-order valence-electron chi connectivity index (χ2n) is 3.67. The number of carbonyl (C=O) groups is 1. The number of aliphatic carboxylic acids is 1. The van der Waals surface area contributed by atoms with Crippen LogP contribution in [0.15, 0.2) is 0 Å². The molecule has 0 aromatic carbocycles. The predicted molar refractivity (Wildman–Crippen MR) is 54.8 cm³/mol. The molecule has 0 aromatic heterocycles. The average Bonchev–Trinajstić information content (AvgIpc) is 2.10. The first-order valence-corrected chi connectivity index (χ1v) is 5.45. The van der Waals surface area contributed by atoms with Gasteiger partial charge in [-0.2, -0.15) is 0 Å². The fourth-order valence-electron chi connectivity index (χ4n) is 1.56. The molecule has 0 spiro atoms. The molecular formula is C11H22O2. The van der Waals surface area contributed by atoms with Gasteiger partial charge in [-0.15, -0.1) is 0 Å². The lowest BCUT2D eigenvalue weighted by molar-refractivity contribution is -0.142. The Hall–Kier alpha value is -0.530. The van der Waals surface area contributed by atoms with E-state index in [0.29, 0.717) is 0 Å². The molecule has 0 aliphatic rings. The van der Waals surface area contributed by atoms with E-state index >= 15 is 0 Å². The zero-order valence-electron chi connectivity index (χ0n) is 8.88. The molecule has 0 saturated carbocycles. The van der Waals surface area contributed by atoms with Crippen LogP contribution in [0, 0.1) is 5.92 Å². The Morgan fingerprint density at radius 2 is 1.77 bits per heavy atom. The normalized spacial score (nSPS) is 12.8. The van der Waals surface area contributed by atoms with Gasteiger partial charge in [-0.05, 0) is 12.8 Å². The van der Waals surface area contributed by atoms with E-state index in [9.17, 15) is 4.79 Å². The standard InChI is InChI=1S/C11H22O2/c1-3-5-6-7-9-10(8-4-2)11(12)13/h10H,3-9H2,1-2H3,(H,12,13). The van der Waals surface area contributed by atoms with E-state index in [1.54, 1.807) is 0 Å². The number of unbranched alkanes of at least 4 members (excludes halogenated alkanes) is 3. The molecular weight excluding hydrogens is 164 g/mol. The van der Waals surface area contributed by atoms with Crippen LogP contribution in [0.5, 0.6) is 0 Å². The fraction of sp³-hybridized carbons (Fsp3) is 0.909. The van der Waals surface area contributed by atoms with E-state index in [1.165, 1.54) is 19.3 Å². The highest BCUT2D eigenvalue weighted by molar-refractivity contribution is 5.69. The van der Waals surface area contributed by atoms with Gasteiger partial charge in [0.1, 0.15) is 0 Å². The molecule has 2 nitrogen and oxygen atoms in total. The third-order valence-electron chi connectivity index (χ3n) is 2.39. The summed E-state index contributed by atoms with van der Waals surface area (Å²) in [4.78, 5) is 10.8. The van der Waals surface area contributed by atoms with Crippen LogP contribution in [-0.2, 0) is 4.79 Å². The number of hydrogen-bond acceptors (Lipinski definition) is 1. The third-order valence-corrected chi connectivity index (χ3v) is 2.39. The van der Waals surface area contributed by atoms with Gasteiger partial charge >= 0.3 is 5.97 Å². The lowest BCUT2D eigenvalue weighted by Gasteiger charge is -2.09. The molecule has 0 heterocycles. The molecule has 1 unspecified atom stereocenters. The van der Waals surface area contributed by atoms with Crippen molar-refractivity contribution >= 4 is 5.97 Å². The highest BCUT2D eigenvalue weighted by Gasteiger charge is 2.14. The molecule has 0 fully saturated rings. The first-order valence-electron chi connectivity index (χ1n) is 5.45. The summed E-state index contributed by atoms with van der Waals surface area (Å²) in [7, 11) is 0. The molecule has 0 aromatic rings. The highest BCUT2D eigenvalue weighted by atomic mass is 16.4. The molecule has 0 amide bonds. The van der Waals surface area contributed by atoms with Crippen LogP contribution >= 0.6 is 0 Å². The van der Waals surface area contributed by atoms with E-state index in [-0.39, 0.29) is 5.92 Å². The fourth-order valence-corrected chi connectivity index (χ4v) is 1.56. The van der Waals surface area contributed by atoms with Crippen LogP contribution in [0.4, 0.5) is 0 Å². The van der Waals surface area contributed by atoms with Gasteiger partial charge < -0.3 is 5.11 Å². The Labute approximate surface area is 81.3 Å². The number of rotatable bonds is 8. The smallest absolute Gasteiger partial charge is 0.306 e. The zero-order chi connectivity index (χ0) is 10.1. The minimum absolute atomic E-state index is 0.0955. The molecule has 0 radical (unpaired) electrons. The molecule has 1 N–H and O–H groups in total. The van der Waals surface area contributed by atoms with Gasteiger partial charge in [-0.25, -0.2) is 0 Å². The molecule has 0 aliphatic carbocycles. The minimum atomic E-state index is -0.613. The first-order chi connectivity index (χ1) is 6.22. The summed E-state index contributed by atoms with van der Waals surface area (Å²) in [6.07, 6.45) is 7.38. The Balaban J connectivity index is 3.51. The van der Waals surface area contributed by atoms with Crippen LogP contribution in [0.1, 0.15) is 58.8 Å². The largest absolute Gasteiger partial charge is 0.481 e. The number of hydrogen-bond donors (Lipinski definition) is 1. The summed E-state index contributed by atoms with van der Waals surface area (Å²) in [5.74, 6) is -0.708. The van der Waals surface area contributed by atoms with Crippen molar-refractivity contribution in [1.82, 2.24) is 0 Å². The van der Waals surface area contributed by atoms with E-state index in [2.05, 4.69) is 6.92 Å².